The number of carbonyl (C=O) groups excluding carboxylic acids is 3. The molecule has 1 saturated heterocycles. The Morgan fingerprint density at radius 2 is 1.72 bits per heavy atom. The van der Waals surface area contributed by atoms with Crippen molar-refractivity contribution in [1.29, 1.82) is 0 Å². The van der Waals surface area contributed by atoms with Crippen molar-refractivity contribution < 1.29 is 19.1 Å². The number of benzene rings is 4. The van der Waals surface area contributed by atoms with Crippen LogP contribution in [0.15, 0.2) is 102 Å². The van der Waals surface area contributed by atoms with Gasteiger partial charge in [0, 0.05) is 38.9 Å². The summed E-state index contributed by atoms with van der Waals surface area (Å²) in [5.74, 6) is -1.38. The van der Waals surface area contributed by atoms with E-state index in [2.05, 4.69) is 33.5 Å². The quantitative estimate of drug-likeness (QED) is 0.216. The molecule has 8 heteroatoms. The first-order valence-electron chi connectivity index (χ1n) is 14.3. The average molecular weight is 639 g/mol. The van der Waals surface area contributed by atoms with Gasteiger partial charge in [-0.15, -0.1) is 0 Å². The minimum absolute atomic E-state index is 0.209. The number of carbonyl (C=O) groups is 3. The molecule has 0 radical (unpaired) electrons. The fourth-order valence-corrected chi connectivity index (χ4v) is 7.19. The highest BCUT2D eigenvalue weighted by Crippen LogP contribution is 2.59. The van der Waals surface area contributed by atoms with Crippen LogP contribution in [0, 0.1) is 5.92 Å². The van der Waals surface area contributed by atoms with Crippen LogP contribution in [0.2, 0.25) is 0 Å². The highest BCUT2D eigenvalue weighted by atomic mass is 79.9. The lowest BCUT2D eigenvalue weighted by Gasteiger charge is -2.38. The van der Waals surface area contributed by atoms with Gasteiger partial charge in [0.2, 0.25) is 0 Å². The number of hydrogen-bond donors (Lipinski definition) is 2. The summed E-state index contributed by atoms with van der Waals surface area (Å²) in [4.78, 5) is 45.3. The highest BCUT2D eigenvalue weighted by Gasteiger charge is 2.69. The number of nitrogens with one attached hydrogen (secondary N) is 2. The molecular weight excluding hydrogens is 606 g/mol. The lowest BCUT2D eigenvalue weighted by Crippen LogP contribution is -2.57. The Bertz CT molecular complexity index is 1710. The average Bonchev–Trinajstić information content (AvgIpc) is 3.47. The molecule has 2 aliphatic heterocycles. The molecule has 6 rings (SSSR count). The molecule has 0 aromatic heterocycles. The number of amides is 3. The van der Waals surface area contributed by atoms with E-state index in [1.165, 1.54) is 0 Å². The van der Waals surface area contributed by atoms with Crippen LogP contribution in [0.5, 0.6) is 5.75 Å². The van der Waals surface area contributed by atoms with Crippen LogP contribution >= 0.6 is 15.9 Å². The summed E-state index contributed by atoms with van der Waals surface area (Å²) >= 11 is 3.58. The topological polar surface area (TPSA) is 87.7 Å². The summed E-state index contributed by atoms with van der Waals surface area (Å²) in [6, 6.07) is 28.7. The minimum Gasteiger partial charge on any atom is -0.497 e. The Morgan fingerprint density at radius 3 is 2.42 bits per heavy atom. The first kappa shape index (κ1) is 28.7. The number of fused-ring (bicyclic) bond motifs is 2. The number of urea groups is 1. The van der Waals surface area contributed by atoms with Crippen molar-refractivity contribution in [3.05, 3.63) is 124 Å². The number of methoxy groups -OCH3 is 1. The van der Waals surface area contributed by atoms with E-state index in [-0.39, 0.29) is 5.78 Å². The number of likely N-dealkylation sites (tertiary alicyclic amines) is 1. The van der Waals surface area contributed by atoms with Crippen molar-refractivity contribution in [2.24, 2.45) is 5.92 Å². The molecular formula is C35H32BrN3O4. The third kappa shape index (κ3) is 4.70. The number of nitrogens with zero attached hydrogens (tertiary/aromatic N) is 1. The van der Waals surface area contributed by atoms with E-state index < -0.39 is 35.4 Å². The fourth-order valence-electron chi connectivity index (χ4n) is 6.83. The molecule has 43 heavy (non-hydrogen) atoms. The summed E-state index contributed by atoms with van der Waals surface area (Å²) < 4.78 is 6.15. The normalized spacial score (nSPS) is 22.3. The second-order valence-electron chi connectivity index (χ2n) is 11.0. The van der Waals surface area contributed by atoms with E-state index in [4.69, 9.17) is 4.74 Å². The molecule has 2 heterocycles. The summed E-state index contributed by atoms with van der Waals surface area (Å²) in [6.07, 6.45) is 0.810. The van der Waals surface area contributed by atoms with E-state index in [1.807, 2.05) is 91.9 Å². The van der Waals surface area contributed by atoms with E-state index in [0.717, 1.165) is 22.0 Å². The van der Waals surface area contributed by atoms with Crippen molar-refractivity contribution in [3.63, 3.8) is 0 Å². The molecule has 1 spiro atoms. The summed E-state index contributed by atoms with van der Waals surface area (Å²) in [5.41, 5.74) is 2.55. The molecule has 4 atom stereocenters. The van der Waals surface area contributed by atoms with Crippen LogP contribution in [0.4, 0.5) is 16.2 Å². The molecule has 2 aliphatic rings. The Balaban J connectivity index is 1.59. The van der Waals surface area contributed by atoms with E-state index in [0.29, 0.717) is 28.3 Å². The smallest absolute Gasteiger partial charge is 0.323 e. The van der Waals surface area contributed by atoms with Crippen LogP contribution < -0.4 is 15.4 Å². The molecule has 0 aliphatic carbocycles. The second kappa shape index (κ2) is 11.3. The number of hydrogen-bond acceptors (Lipinski definition) is 4. The van der Waals surface area contributed by atoms with Gasteiger partial charge in [0.25, 0.3) is 5.91 Å². The first-order valence-corrected chi connectivity index (χ1v) is 15.1. The van der Waals surface area contributed by atoms with Gasteiger partial charge >= 0.3 is 6.03 Å². The molecule has 7 nitrogen and oxygen atoms in total. The fraction of sp³-hybridized carbons (Fsp3) is 0.229. The molecule has 4 unspecified atom stereocenters. The highest BCUT2D eigenvalue weighted by molar-refractivity contribution is 9.10. The van der Waals surface area contributed by atoms with Gasteiger partial charge in [-0.25, -0.2) is 4.79 Å². The SMILES string of the molecule is CCc1cccc(NC(=O)N2C(C)C(c3ccc(OC)cc3)C(C(=O)c3ccccc3)C23C(=O)Nc2ccc(Br)cc23)c1. The summed E-state index contributed by atoms with van der Waals surface area (Å²) in [7, 11) is 1.60. The largest absolute Gasteiger partial charge is 0.497 e. The van der Waals surface area contributed by atoms with Crippen molar-refractivity contribution in [2.75, 3.05) is 17.7 Å². The van der Waals surface area contributed by atoms with Crippen LogP contribution in [0.25, 0.3) is 0 Å². The van der Waals surface area contributed by atoms with E-state index >= 15 is 0 Å². The molecule has 2 N–H and O–H groups in total. The van der Waals surface area contributed by atoms with Crippen LogP contribution in [0.1, 0.15) is 46.8 Å². The van der Waals surface area contributed by atoms with Gasteiger partial charge in [0.1, 0.15) is 5.75 Å². The van der Waals surface area contributed by atoms with E-state index in [1.54, 1.807) is 24.1 Å². The summed E-state index contributed by atoms with van der Waals surface area (Å²) in [6.45, 7) is 3.97. The summed E-state index contributed by atoms with van der Waals surface area (Å²) in [5, 5.41) is 6.08. The van der Waals surface area contributed by atoms with Crippen LogP contribution in [0.3, 0.4) is 0 Å². The molecule has 0 saturated carbocycles. The van der Waals surface area contributed by atoms with Crippen molar-refractivity contribution in [2.45, 2.75) is 37.8 Å². The van der Waals surface area contributed by atoms with Gasteiger partial charge in [-0.05, 0) is 66.9 Å². The maximum Gasteiger partial charge on any atom is 0.323 e. The Hall–Kier alpha value is -4.43. The number of ketones is 1. The lowest BCUT2D eigenvalue weighted by atomic mass is 9.69. The number of rotatable bonds is 6. The molecule has 218 valence electrons. The molecule has 1 fully saturated rings. The molecule has 4 aromatic rings. The standard InChI is InChI=1S/C35H32BrN3O4/c1-4-22-9-8-12-26(19-22)37-34(42)39-21(2)30(23-13-16-27(43-3)17-14-23)31(32(40)24-10-6-5-7-11-24)35(39)28-20-25(36)15-18-29(28)38-33(35)41/h5-21,30-31H,4H2,1-3H3,(H,37,42)(H,38,41). The third-order valence-electron chi connectivity index (χ3n) is 8.75. The molecule has 0 bridgehead atoms. The molecule has 4 aromatic carbocycles. The van der Waals surface area contributed by atoms with Crippen LogP contribution in [-0.4, -0.2) is 35.8 Å². The predicted molar refractivity (Wildman–Crippen MR) is 171 cm³/mol. The van der Waals surface area contributed by atoms with Gasteiger partial charge < -0.3 is 20.3 Å². The zero-order valence-electron chi connectivity index (χ0n) is 24.1. The van der Waals surface area contributed by atoms with Gasteiger partial charge in [-0.1, -0.05) is 77.5 Å². The Labute approximate surface area is 259 Å². The Kier molecular flexibility index (Phi) is 7.56. The number of ether oxygens (including phenoxy) is 1. The van der Waals surface area contributed by atoms with Crippen molar-refractivity contribution in [3.8, 4) is 5.75 Å². The number of Topliss-reactive ketones (excluding diaryl/α,β-unsaturated/α-hetero) is 1. The molecule has 3 amide bonds. The second-order valence-corrected chi connectivity index (χ2v) is 11.9. The Morgan fingerprint density at radius 1 is 0.977 bits per heavy atom. The predicted octanol–water partition coefficient (Wildman–Crippen LogP) is 7.39. The third-order valence-corrected chi connectivity index (χ3v) is 9.24. The number of anilines is 2. The monoisotopic (exact) mass is 637 g/mol. The zero-order valence-corrected chi connectivity index (χ0v) is 25.7. The minimum atomic E-state index is -1.62. The van der Waals surface area contributed by atoms with Gasteiger partial charge in [0.05, 0.1) is 13.0 Å². The van der Waals surface area contributed by atoms with Crippen molar-refractivity contribution in [1.82, 2.24) is 4.90 Å². The first-order chi connectivity index (χ1) is 20.8. The van der Waals surface area contributed by atoms with Crippen LogP contribution in [-0.2, 0) is 16.8 Å². The number of aryl methyl sites for hydroxylation is 1. The van der Waals surface area contributed by atoms with Gasteiger partial charge in [0.15, 0.2) is 11.3 Å². The van der Waals surface area contributed by atoms with E-state index in [9.17, 15) is 14.4 Å². The van der Waals surface area contributed by atoms with Gasteiger partial charge in [-0.3, -0.25) is 9.59 Å². The maximum atomic E-state index is 14.7. The number of halogens is 1. The van der Waals surface area contributed by atoms with Crippen molar-refractivity contribution >= 4 is 45.0 Å². The lowest BCUT2D eigenvalue weighted by molar-refractivity contribution is -0.126. The zero-order chi connectivity index (χ0) is 30.3. The maximum absolute atomic E-state index is 14.7. The van der Waals surface area contributed by atoms with Gasteiger partial charge in [-0.2, -0.15) is 0 Å².